The Morgan fingerprint density at radius 3 is 2.78 bits per heavy atom. The van der Waals surface area contributed by atoms with E-state index < -0.39 is 5.82 Å². The van der Waals surface area contributed by atoms with Crippen LogP contribution in [0.25, 0.3) is 0 Å². The summed E-state index contributed by atoms with van der Waals surface area (Å²) in [5.74, 6) is -0.0951. The molecule has 4 heteroatoms. The molecule has 0 saturated heterocycles. The van der Waals surface area contributed by atoms with Crippen LogP contribution in [0.15, 0.2) is 42.5 Å². The van der Waals surface area contributed by atoms with E-state index in [2.05, 4.69) is 6.07 Å². The van der Waals surface area contributed by atoms with Crippen molar-refractivity contribution in [2.75, 3.05) is 5.73 Å². The van der Waals surface area contributed by atoms with Gasteiger partial charge >= 0.3 is 0 Å². The quantitative estimate of drug-likeness (QED) is 0.842. The fourth-order valence-corrected chi connectivity index (χ4v) is 1.49. The third kappa shape index (κ3) is 2.77. The third-order valence-corrected chi connectivity index (χ3v) is 2.43. The SMILES string of the molecule is N#Cc1cccc(COc2ccc(N)c(F)c2)c1. The Morgan fingerprint density at radius 1 is 1.22 bits per heavy atom. The molecule has 0 radical (unpaired) electrons. The van der Waals surface area contributed by atoms with E-state index in [-0.39, 0.29) is 12.3 Å². The van der Waals surface area contributed by atoms with E-state index in [1.807, 2.05) is 6.07 Å². The van der Waals surface area contributed by atoms with Crippen molar-refractivity contribution < 1.29 is 9.13 Å². The lowest BCUT2D eigenvalue weighted by Gasteiger charge is -2.07. The normalized spacial score (nSPS) is 9.78. The van der Waals surface area contributed by atoms with Crippen LogP contribution in [0.4, 0.5) is 10.1 Å². The van der Waals surface area contributed by atoms with Gasteiger partial charge < -0.3 is 10.5 Å². The first-order valence-electron chi connectivity index (χ1n) is 5.36. The average molecular weight is 242 g/mol. The van der Waals surface area contributed by atoms with Crippen LogP contribution in [0.3, 0.4) is 0 Å². The smallest absolute Gasteiger partial charge is 0.149 e. The second-order valence-electron chi connectivity index (χ2n) is 3.78. The lowest BCUT2D eigenvalue weighted by Crippen LogP contribution is -1.97. The minimum Gasteiger partial charge on any atom is -0.489 e. The zero-order valence-electron chi connectivity index (χ0n) is 9.56. The minimum absolute atomic E-state index is 0.0915. The first kappa shape index (κ1) is 11.9. The Morgan fingerprint density at radius 2 is 2.06 bits per heavy atom. The number of hydrogen-bond acceptors (Lipinski definition) is 3. The van der Waals surface area contributed by atoms with E-state index >= 15 is 0 Å². The van der Waals surface area contributed by atoms with Crippen LogP contribution < -0.4 is 10.5 Å². The van der Waals surface area contributed by atoms with Crippen LogP contribution in [0.5, 0.6) is 5.75 Å². The molecule has 0 fully saturated rings. The standard InChI is InChI=1S/C14H11FN2O/c15-13-7-12(4-5-14(13)17)18-9-11-3-1-2-10(6-11)8-16/h1-7H,9,17H2. The predicted octanol–water partition coefficient (Wildman–Crippen LogP) is 2.86. The van der Waals surface area contributed by atoms with Gasteiger partial charge in [0, 0.05) is 6.07 Å². The van der Waals surface area contributed by atoms with Crippen LogP contribution in [-0.4, -0.2) is 0 Å². The fourth-order valence-electron chi connectivity index (χ4n) is 1.49. The maximum absolute atomic E-state index is 13.2. The van der Waals surface area contributed by atoms with Crippen LogP contribution >= 0.6 is 0 Å². The van der Waals surface area contributed by atoms with Crippen molar-refractivity contribution in [1.29, 1.82) is 5.26 Å². The van der Waals surface area contributed by atoms with Gasteiger partial charge in [-0.3, -0.25) is 0 Å². The van der Waals surface area contributed by atoms with Crippen molar-refractivity contribution in [3.05, 3.63) is 59.4 Å². The highest BCUT2D eigenvalue weighted by Crippen LogP contribution is 2.19. The molecule has 0 unspecified atom stereocenters. The number of benzene rings is 2. The molecule has 0 aromatic heterocycles. The highest BCUT2D eigenvalue weighted by molar-refractivity contribution is 5.43. The minimum atomic E-state index is -0.502. The van der Waals surface area contributed by atoms with Gasteiger partial charge in [0.05, 0.1) is 17.3 Å². The topological polar surface area (TPSA) is 59.0 Å². The molecule has 2 aromatic rings. The van der Waals surface area contributed by atoms with Gasteiger partial charge in [0.2, 0.25) is 0 Å². The predicted molar refractivity (Wildman–Crippen MR) is 66.3 cm³/mol. The summed E-state index contributed by atoms with van der Waals surface area (Å²) in [5.41, 5.74) is 6.88. The maximum Gasteiger partial charge on any atom is 0.149 e. The number of nitriles is 1. The third-order valence-electron chi connectivity index (χ3n) is 2.43. The Bertz CT molecular complexity index is 605. The number of rotatable bonds is 3. The van der Waals surface area contributed by atoms with E-state index in [4.69, 9.17) is 15.7 Å². The van der Waals surface area contributed by atoms with Crippen molar-refractivity contribution in [3.8, 4) is 11.8 Å². The first-order chi connectivity index (χ1) is 8.69. The number of hydrogen-bond donors (Lipinski definition) is 1. The summed E-state index contributed by atoms with van der Waals surface area (Å²) in [5, 5.41) is 8.76. The second-order valence-corrected chi connectivity index (χ2v) is 3.78. The van der Waals surface area contributed by atoms with Crippen molar-refractivity contribution >= 4 is 5.69 Å². The maximum atomic E-state index is 13.2. The molecule has 2 aromatic carbocycles. The van der Waals surface area contributed by atoms with E-state index in [0.29, 0.717) is 11.3 Å². The van der Waals surface area contributed by atoms with Gasteiger partial charge in [-0.2, -0.15) is 5.26 Å². The van der Waals surface area contributed by atoms with Gasteiger partial charge in [-0.15, -0.1) is 0 Å². The van der Waals surface area contributed by atoms with Crippen LogP contribution in [0, 0.1) is 17.1 Å². The monoisotopic (exact) mass is 242 g/mol. The fraction of sp³-hybridized carbons (Fsp3) is 0.0714. The van der Waals surface area contributed by atoms with Gasteiger partial charge in [-0.1, -0.05) is 12.1 Å². The van der Waals surface area contributed by atoms with Crippen molar-refractivity contribution in [3.63, 3.8) is 0 Å². The molecule has 2 rings (SSSR count). The number of ether oxygens (including phenoxy) is 1. The van der Waals surface area contributed by atoms with E-state index in [1.54, 1.807) is 24.3 Å². The molecule has 0 bridgehead atoms. The van der Waals surface area contributed by atoms with Crippen molar-refractivity contribution in [1.82, 2.24) is 0 Å². The van der Waals surface area contributed by atoms with Gasteiger partial charge in [0.15, 0.2) is 0 Å². The summed E-state index contributed by atoms with van der Waals surface area (Å²) in [6.07, 6.45) is 0. The second kappa shape index (κ2) is 5.19. The Kier molecular flexibility index (Phi) is 3.44. The average Bonchev–Trinajstić information content (AvgIpc) is 2.40. The van der Waals surface area contributed by atoms with Crippen LogP contribution in [0.1, 0.15) is 11.1 Å². The largest absolute Gasteiger partial charge is 0.489 e. The van der Waals surface area contributed by atoms with E-state index in [9.17, 15) is 4.39 Å². The lowest BCUT2D eigenvalue weighted by molar-refractivity contribution is 0.304. The molecule has 0 aliphatic rings. The van der Waals surface area contributed by atoms with Gasteiger partial charge in [0.25, 0.3) is 0 Å². The molecule has 18 heavy (non-hydrogen) atoms. The molecule has 0 spiro atoms. The molecule has 2 N–H and O–H groups in total. The molecular formula is C14H11FN2O. The van der Waals surface area contributed by atoms with Crippen LogP contribution in [0.2, 0.25) is 0 Å². The Labute approximate surface area is 104 Å². The summed E-state index contributed by atoms with van der Waals surface area (Å²) in [6, 6.07) is 13.4. The highest BCUT2D eigenvalue weighted by atomic mass is 19.1. The zero-order valence-corrected chi connectivity index (χ0v) is 9.56. The molecule has 90 valence electrons. The molecule has 0 saturated carbocycles. The lowest BCUT2D eigenvalue weighted by atomic mass is 10.1. The summed E-state index contributed by atoms with van der Waals surface area (Å²) >= 11 is 0. The Hall–Kier alpha value is -2.54. The molecule has 0 aliphatic carbocycles. The first-order valence-corrected chi connectivity index (χ1v) is 5.36. The summed E-state index contributed by atoms with van der Waals surface area (Å²) in [7, 11) is 0. The van der Waals surface area contributed by atoms with Crippen molar-refractivity contribution in [2.45, 2.75) is 6.61 Å². The van der Waals surface area contributed by atoms with Gasteiger partial charge in [0.1, 0.15) is 18.2 Å². The van der Waals surface area contributed by atoms with Crippen molar-refractivity contribution in [2.24, 2.45) is 0 Å². The number of nitrogens with zero attached hydrogens (tertiary/aromatic N) is 1. The highest BCUT2D eigenvalue weighted by Gasteiger charge is 2.02. The zero-order chi connectivity index (χ0) is 13.0. The molecule has 0 heterocycles. The molecule has 0 atom stereocenters. The van der Waals surface area contributed by atoms with E-state index in [0.717, 1.165) is 5.56 Å². The summed E-state index contributed by atoms with van der Waals surface area (Å²) in [4.78, 5) is 0. The van der Waals surface area contributed by atoms with Gasteiger partial charge in [-0.25, -0.2) is 4.39 Å². The molecular weight excluding hydrogens is 231 g/mol. The molecule has 0 amide bonds. The van der Waals surface area contributed by atoms with Gasteiger partial charge in [-0.05, 0) is 29.8 Å². The van der Waals surface area contributed by atoms with Crippen LogP contribution in [-0.2, 0) is 6.61 Å². The number of anilines is 1. The summed E-state index contributed by atoms with van der Waals surface area (Å²) < 4.78 is 18.6. The number of halogens is 1. The van der Waals surface area contributed by atoms with E-state index in [1.165, 1.54) is 12.1 Å². The summed E-state index contributed by atoms with van der Waals surface area (Å²) in [6.45, 7) is 0.277. The molecule has 3 nitrogen and oxygen atoms in total. The Balaban J connectivity index is 2.07. The number of nitrogens with two attached hydrogens (primary N) is 1. The molecule has 0 aliphatic heterocycles. The number of nitrogen functional groups attached to an aromatic ring is 1.